The Morgan fingerprint density at radius 1 is 1.35 bits per heavy atom. The largest absolute Gasteiger partial charge is 0.487 e. The van der Waals surface area contributed by atoms with E-state index < -0.39 is 6.10 Å². The number of benzene rings is 1. The normalized spacial score (nSPS) is 17.6. The van der Waals surface area contributed by atoms with E-state index in [1.54, 1.807) is 11.3 Å². The molecule has 20 heavy (non-hydrogen) atoms. The second-order valence-electron chi connectivity index (χ2n) is 5.91. The Hall–Kier alpha value is -0.840. The Bertz CT molecular complexity index is 641. The smallest absolute Gasteiger partial charge is 0.123 e. The molecular formula is C16H17BrO2S. The third-order valence-corrected chi connectivity index (χ3v) is 5.74. The van der Waals surface area contributed by atoms with Gasteiger partial charge in [-0.15, -0.1) is 11.3 Å². The molecule has 0 amide bonds. The lowest BCUT2D eigenvalue weighted by atomic mass is 9.98. The Kier molecular flexibility index (Phi) is 3.43. The predicted octanol–water partition coefficient (Wildman–Crippen LogP) is 4.61. The highest BCUT2D eigenvalue weighted by atomic mass is 79.9. The van der Waals surface area contributed by atoms with Gasteiger partial charge in [-0.3, -0.25) is 0 Å². The van der Waals surface area contributed by atoms with Gasteiger partial charge in [-0.25, -0.2) is 0 Å². The summed E-state index contributed by atoms with van der Waals surface area (Å²) in [5.74, 6) is 0.939. The van der Waals surface area contributed by atoms with Crippen LogP contribution in [0.1, 0.15) is 41.5 Å². The first-order chi connectivity index (χ1) is 9.35. The number of ether oxygens (including phenoxy) is 1. The van der Waals surface area contributed by atoms with Gasteiger partial charge in [-0.1, -0.05) is 6.07 Å². The molecule has 1 aliphatic rings. The summed E-state index contributed by atoms with van der Waals surface area (Å²) in [6, 6.07) is 8.02. The number of thiophene rings is 1. The fourth-order valence-corrected chi connectivity index (χ4v) is 4.17. The maximum atomic E-state index is 10.5. The number of aliphatic hydroxyl groups is 1. The summed E-state index contributed by atoms with van der Waals surface area (Å²) >= 11 is 5.09. The molecule has 0 aliphatic carbocycles. The van der Waals surface area contributed by atoms with E-state index in [1.165, 1.54) is 5.56 Å². The highest BCUT2D eigenvalue weighted by Crippen LogP contribution is 2.39. The Morgan fingerprint density at radius 3 is 2.75 bits per heavy atom. The van der Waals surface area contributed by atoms with Gasteiger partial charge < -0.3 is 9.84 Å². The molecule has 1 atom stereocenters. The summed E-state index contributed by atoms with van der Waals surface area (Å²) < 4.78 is 6.95. The number of aliphatic hydroxyl groups excluding tert-OH is 1. The fourth-order valence-electron chi connectivity index (χ4n) is 2.58. The predicted molar refractivity (Wildman–Crippen MR) is 85.7 cm³/mol. The molecule has 0 spiro atoms. The molecule has 2 nitrogen and oxygen atoms in total. The van der Waals surface area contributed by atoms with Crippen LogP contribution >= 0.6 is 27.3 Å². The molecule has 0 saturated heterocycles. The maximum absolute atomic E-state index is 10.5. The van der Waals surface area contributed by atoms with Crippen molar-refractivity contribution in [2.45, 2.75) is 38.9 Å². The monoisotopic (exact) mass is 352 g/mol. The summed E-state index contributed by atoms with van der Waals surface area (Å²) in [6.45, 7) is 6.21. The third-order valence-electron chi connectivity index (χ3n) is 3.55. The fraction of sp³-hybridized carbons (Fsp3) is 0.375. The highest BCUT2D eigenvalue weighted by Gasteiger charge is 2.30. The van der Waals surface area contributed by atoms with Crippen LogP contribution in [0.4, 0.5) is 0 Å². The standard InChI is InChI=1S/C16H17BrO2S/c1-9-6-13(20-15(9)17)14(18)10-4-5-12-11(7-10)8-16(2,3)19-12/h4-7,14,18H,8H2,1-3H3. The van der Waals surface area contributed by atoms with Crippen molar-refractivity contribution in [3.8, 4) is 5.75 Å². The van der Waals surface area contributed by atoms with E-state index in [2.05, 4.69) is 35.8 Å². The van der Waals surface area contributed by atoms with Crippen LogP contribution in [-0.2, 0) is 6.42 Å². The van der Waals surface area contributed by atoms with Crippen molar-refractivity contribution >= 4 is 27.3 Å². The van der Waals surface area contributed by atoms with Crippen molar-refractivity contribution < 1.29 is 9.84 Å². The molecule has 1 aliphatic heterocycles. The van der Waals surface area contributed by atoms with E-state index in [1.807, 2.05) is 25.1 Å². The van der Waals surface area contributed by atoms with Crippen LogP contribution in [0, 0.1) is 6.92 Å². The lowest BCUT2D eigenvalue weighted by Crippen LogP contribution is -2.24. The summed E-state index contributed by atoms with van der Waals surface area (Å²) in [7, 11) is 0. The van der Waals surface area contributed by atoms with Crippen LogP contribution in [0.5, 0.6) is 5.75 Å². The summed E-state index contributed by atoms with van der Waals surface area (Å²) in [4.78, 5) is 0.965. The van der Waals surface area contributed by atoms with Gasteiger partial charge in [0.25, 0.3) is 0 Å². The second-order valence-corrected chi connectivity index (χ2v) is 8.32. The summed E-state index contributed by atoms with van der Waals surface area (Å²) in [5, 5.41) is 10.5. The van der Waals surface area contributed by atoms with Gasteiger partial charge in [-0.2, -0.15) is 0 Å². The average Bonchev–Trinajstić information content (AvgIpc) is 2.86. The van der Waals surface area contributed by atoms with Gasteiger partial charge in [0.2, 0.25) is 0 Å². The average molecular weight is 353 g/mol. The number of hydrogen-bond acceptors (Lipinski definition) is 3. The van der Waals surface area contributed by atoms with E-state index in [0.29, 0.717) is 0 Å². The molecule has 4 heteroatoms. The molecule has 0 fully saturated rings. The minimum absolute atomic E-state index is 0.144. The number of halogens is 1. The van der Waals surface area contributed by atoms with Gasteiger partial charge in [0.05, 0.1) is 3.79 Å². The van der Waals surface area contributed by atoms with Crippen molar-refractivity contribution in [3.05, 3.63) is 49.6 Å². The Morgan fingerprint density at radius 2 is 2.10 bits per heavy atom. The van der Waals surface area contributed by atoms with Crippen LogP contribution < -0.4 is 4.74 Å². The molecule has 2 heterocycles. The maximum Gasteiger partial charge on any atom is 0.123 e. The molecular weight excluding hydrogens is 336 g/mol. The highest BCUT2D eigenvalue weighted by molar-refractivity contribution is 9.11. The van der Waals surface area contributed by atoms with E-state index >= 15 is 0 Å². The van der Waals surface area contributed by atoms with E-state index in [9.17, 15) is 5.11 Å². The van der Waals surface area contributed by atoms with Crippen molar-refractivity contribution in [2.75, 3.05) is 0 Å². The first kappa shape index (κ1) is 14.1. The number of hydrogen-bond donors (Lipinski definition) is 1. The lowest BCUT2D eigenvalue weighted by molar-refractivity contribution is 0.138. The minimum Gasteiger partial charge on any atom is -0.487 e. The Labute approximate surface area is 131 Å². The Balaban J connectivity index is 1.92. The van der Waals surface area contributed by atoms with E-state index in [0.717, 1.165) is 32.0 Å². The molecule has 1 unspecified atom stereocenters. The molecule has 0 bridgehead atoms. The van der Waals surface area contributed by atoms with Crippen LogP contribution in [-0.4, -0.2) is 10.7 Å². The van der Waals surface area contributed by atoms with Crippen LogP contribution in [0.15, 0.2) is 28.1 Å². The molecule has 3 rings (SSSR count). The number of fused-ring (bicyclic) bond motifs is 1. The quantitative estimate of drug-likeness (QED) is 0.854. The molecule has 0 radical (unpaired) electrons. The first-order valence-corrected chi connectivity index (χ1v) is 8.22. The SMILES string of the molecule is Cc1cc(C(O)c2ccc3c(c2)CC(C)(C)O3)sc1Br. The van der Waals surface area contributed by atoms with E-state index in [-0.39, 0.29) is 5.60 Å². The third kappa shape index (κ3) is 2.52. The van der Waals surface area contributed by atoms with Crippen molar-refractivity contribution in [3.63, 3.8) is 0 Å². The van der Waals surface area contributed by atoms with E-state index in [4.69, 9.17) is 4.74 Å². The lowest BCUT2D eigenvalue weighted by Gasteiger charge is -2.16. The van der Waals surface area contributed by atoms with Crippen molar-refractivity contribution in [2.24, 2.45) is 0 Å². The minimum atomic E-state index is -0.570. The zero-order chi connectivity index (χ0) is 14.5. The molecule has 1 N–H and O–H groups in total. The molecule has 106 valence electrons. The number of rotatable bonds is 2. The van der Waals surface area contributed by atoms with Crippen LogP contribution in [0.25, 0.3) is 0 Å². The molecule has 0 saturated carbocycles. The van der Waals surface area contributed by atoms with Crippen molar-refractivity contribution in [1.29, 1.82) is 0 Å². The zero-order valence-corrected chi connectivity index (χ0v) is 14.1. The van der Waals surface area contributed by atoms with Crippen LogP contribution in [0.2, 0.25) is 0 Å². The molecule has 1 aromatic heterocycles. The van der Waals surface area contributed by atoms with Gasteiger partial charge in [0, 0.05) is 11.3 Å². The zero-order valence-electron chi connectivity index (χ0n) is 11.7. The van der Waals surface area contributed by atoms with Gasteiger partial charge >= 0.3 is 0 Å². The summed E-state index contributed by atoms with van der Waals surface area (Å²) in [6.07, 6.45) is 0.315. The van der Waals surface area contributed by atoms with Gasteiger partial charge in [0.15, 0.2) is 0 Å². The molecule has 2 aromatic rings. The first-order valence-electron chi connectivity index (χ1n) is 6.61. The van der Waals surface area contributed by atoms with Gasteiger partial charge in [-0.05, 0) is 71.6 Å². The van der Waals surface area contributed by atoms with Crippen LogP contribution in [0.3, 0.4) is 0 Å². The molecule has 1 aromatic carbocycles. The number of aryl methyl sites for hydroxylation is 1. The van der Waals surface area contributed by atoms with Gasteiger partial charge in [0.1, 0.15) is 17.5 Å². The second kappa shape index (κ2) is 4.86. The topological polar surface area (TPSA) is 29.5 Å². The summed E-state index contributed by atoms with van der Waals surface area (Å²) in [5.41, 5.74) is 3.13. The van der Waals surface area contributed by atoms with Crippen molar-refractivity contribution in [1.82, 2.24) is 0 Å².